The first-order valence-corrected chi connectivity index (χ1v) is 8.55. The molecule has 0 spiro atoms. The molecule has 0 atom stereocenters. The quantitative estimate of drug-likeness (QED) is 0.879. The predicted octanol–water partition coefficient (Wildman–Crippen LogP) is 3.77. The van der Waals surface area contributed by atoms with Crippen LogP contribution in [0.15, 0.2) is 32.3 Å². The van der Waals surface area contributed by atoms with Crippen LogP contribution in [0.5, 0.6) is 5.75 Å². The molecule has 1 aromatic carbocycles. The van der Waals surface area contributed by atoms with Crippen molar-refractivity contribution in [3.63, 3.8) is 0 Å². The lowest BCUT2D eigenvalue weighted by Crippen LogP contribution is -2.11. The first-order chi connectivity index (χ1) is 9.33. The summed E-state index contributed by atoms with van der Waals surface area (Å²) in [6, 6.07) is 5.34. The van der Waals surface area contributed by atoms with Gasteiger partial charge in [0, 0.05) is 6.07 Å². The zero-order valence-corrected chi connectivity index (χ0v) is 13.8. The summed E-state index contributed by atoms with van der Waals surface area (Å²) in [5.41, 5.74) is 1.08. The van der Waals surface area contributed by atoms with Crippen LogP contribution < -0.4 is 9.46 Å². The van der Waals surface area contributed by atoms with E-state index in [4.69, 9.17) is 4.74 Å². The van der Waals surface area contributed by atoms with Crippen molar-refractivity contribution in [3.8, 4) is 5.75 Å². The van der Waals surface area contributed by atoms with Gasteiger partial charge in [-0.25, -0.2) is 12.8 Å². The van der Waals surface area contributed by atoms with Crippen molar-refractivity contribution in [1.82, 2.24) is 0 Å². The van der Waals surface area contributed by atoms with Crippen molar-refractivity contribution in [3.05, 3.63) is 39.4 Å². The standard InChI is InChI=1S/C12H11BrFNO3S2/c1-7-5-11(19-12(7)13)20(16,17)15-8-3-4-9(14)10(6-8)18-2/h3-6,15H,1-2H3. The Balaban J connectivity index is 2.33. The van der Waals surface area contributed by atoms with E-state index >= 15 is 0 Å². The van der Waals surface area contributed by atoms with Gasteiger partial charge in [-0.1, -0.05) is 0 Å². The first-order valence-electron chi connectivity index (χ1n) is 5.46. The van der Waals surface area contributed by atoms with E-state index in [0.717, 1.165) is 26.8 Å². The molecule has 8 heteroatoms. The molecule has 0 fully saturated rings. The topological polar surface area (TPSA) is 55.4 Å². The van der Waals surface area contributed by atoms with Crippen LogP contribution in [0.4, 0.5) is 10.1 Å². The highest BCUT2D eigenvalue weighted by Crippen LogP contribution is 2.32. The van der Waals surface area contributed by atoms with Crippen LogP contribution in [-0.4, -0.2) is 15.5 Å². The Bertz CT molecular complexity index is 724. The first kappa shape index (κ1) is 15.3. The number of ether oxygens (including phenoxy) is 1. The molecular weight excluding hydrogens is 369 g/mol. The van der Waals surface area contributed by atoms with E-state index in [0.29, 0.717) is 0 Å². The number of benzene rings is 1. The van der Waals surface area contributed by atoms with E-state index in [2.05, 4.69) is 20.7 Å². The summed E-state index contributed by atoms with van der Waals surface area (Å²) in [5.74, 6) is -0.570. The van der Waals surface area contributed by atoms with Crippen molar-refractivity contribution in [2.45, 2.75) is 11.1 Å². The normalized spacial score (nSPS) is 11.4. The molecule has 0 radical (unpaired) electrons. The molecular formula is C12H11BrFNO3S2. The Morgan fingerprint density at radius 1 is 1.35 bits per heavy atom. The number of hydrogen-bond acceptors (Lipinski definition) is 4. The van der Waals surface area contributed by atoms with Gasteiger partial charge >= 0.3 is 0 Å². The SMILES string of the molecule is COc1cc(NS(=O)(=O)c2cc(C)c(Br)s2)ccc1F. The average Bonchev–Trinajstić information content (AvgIpc) is 2.72. The predicted molar refractivity (Wildman–Crippen MR) is 80.5 cm³/mol. The van der Waals surface area contributed by atoms with Crippen molar-refractivity contribution in [2.75, 3.05) is 11.8 Å². The molecule has 108 valence electrons. The number of nitrogens with one attached hydrogen (secondary N) is 1. The van der Waals surface area contributed by atoms with Gasteiger partial charge in [-0.05, 0) is 46.6 Å². The zero-order chi connectivity index (χ0) is 14.9. The molecule has 0 aliphatic heterocycles. The third kappa shape index (κ3) is 3.13. The van der Waals surface area contributed by atoms with E-state index < -0.39 is 15.8 Å². The Morgan fingerprint density at radius 2 is 2.05 bits per heavy atom. The zero-order valence-electron chi connectivity index (χ0n) is 10.6. The molecule has 20 heavy (non-hydrogen) atoms. The summed E-state index contributed by atoms with van der Waals surface area (Å²) in [7, 11) is -2.38. The summed E-state index contributed by atoms with van der Waals surface area (Å²) in [6.07, 6.45) is 0. The van der Waals surface area contributed by atoms with Crippen molar-refractivity contribution in [1.29, 1.82) is 0 Å². The van der Waals surface area contributed by atoms with Crippen LogP contribution in [0, 0.1) is 12.7 Å². The molecule has 0 saturated heterocycles. The second kappa shape index (κ2) is 5.71. The minimum atomic E-state index is -3.69. The van der Waals surface area contributed by atoms with Gasteiger partial charge in [0.1, 0.15) is 4.21 Å². The minimum Gasteiger partial charge on any atom is -0.494 e. The van der Waals surface area contributed by atoms with Gasteiger partial charge in [-0.3, -0.25) is 4.72 Å². The molecule has 1 N–H and O–H groups in total. The molecule has 2 rings (SSSR count). The van der Waals surface area contributed by atoms with Crippen molar-refractivity contribution in [2.24, 2.45) is 0 Å². The summed E-state index contributed by atoms with van der Waals surface area (Å²) in [6.45, 7) is 1.81. The monoisotopic (exact) mass is 379 g/mol. The fraction of sp³-hybridized carbons (Fsp3) is 0.167. The maximum atomic E-state index is 13.3. The second-order valence-electron chi connectivity index (χ2n) is 3.98. The maximum absolute atomic E-state index is 13.3. The second-order valence-corrected chi connectivity index (χ2v) is 8.26. The van der Waals surface area contributed by atoms with Gasteiger partial charge in [0.05, 0.1) is 16.6 Å². The van der Waals surface area contributed by atoms with E-state index in [1.54, 1.807) is 13.0 Å². The summed E-state index contributed by atoms with van der Waals surface area (Å²) < 4.78 is 45.8. The molecule has 0 saturated carbocycles. The number of methoxy groups -OCH3 is 1. The van der Waals surface area contributed by atoms with Crippen LogP contribution in [0.2, 0.25) is 0 Å². The molecule has 1 heterocycles. The number of halogens is 2. The lowest BCUT2D eigenvalue weighted by Gasteiger charge is -2.08. The fourth-order valence-electron chi connectivity index (χ4n) is 1.49. The van der Waals surface area contributed by atoms with Crippen LogP contribution in [0.3, 0.4) is 0 Å². The summed E-state index contributed by atoms with van der Waals surface area (Å²) in [4.78, 5) is 0. The largest absolute Gasteiger partial charge is 0.494 e. The van der Waals surface area contributed by atoms with Crippen molar-refractivity contribution < 1.29 is 17.5 Å². The Kier molecular flexibility index (Phi) is 4.36. The van der Waals surface area contributed by atoms with Crippen molar-refractivity contribution >= 4 is 43.0 Å². The minimum absolute atomic E-state index is 0.0197. The van der Waals surface area contributed by atoms with Gasteiger partial charge in [0.15, 0.2) is 11.6 Å². The van der Waals surface area contributed by atoms with E-state index in [9.17, 15) is 12.8 Å². The van der Waals surface area contributed by atoms with Crippen LogP contribution in [-0.2, 0) is 10.0 Å². The fourth-order valence-corrected chi connectivity index (χ4v) is 4.77. The molecule has 4 nitrogen and oxygen atoms in total. The van der Waals surface area contributed by atoms with E-state index in [1.807, 2.05) is 0 Å². The highest BCUT2D eigenvalue weighted by molar-refractivity contribution is 9.11. The lowest BCUT2D eigenvalue weighted by molar-refractivity contribution is 0.387. The smallest absolute Gasteiger partial charge is 0.271 e. The Labute approximate surface area is 128 Å². The highest BCUT2D eigenvalue weighted by Gasteiger charge is 2.19. The molecule has 0 unspecified atom stereocenters. The van der Waals surface area contributed by atoms with Crippen LogP contribution in [0.25, 0.3) is 0 Å². The highest BCUT2D eigenvalue weighted by atomic mass is 79.9. The third-order valence-corrected chi connectivity index (χ3v) is 6.49. The van der Waals surface area contributed by atoms with Crippen LogP contribution in [0.1, 0.15) is 5.56 Å². The maximum Gasteiger partial charge on any atom is 0.271 e. The Morgan fingerprint density at radius 3 is 2.60 bits per heavy atom. The third-order valence-electron chi connectivity index (χ3n) is 2.50. The molecule has 0 aliphatic rings. The number of sulfonamides is 1. The average molecular weight is 380 g/mol. The van der Waals surface area contributed by atoms with Gasteiger partial charge in [-0.15, -0.1) is 11.3 Å². The van der Waals surface area contributed by atoms with Crippen LogP contribution >= 0.6 is 27.3 Å². The van der Waals surface area contributed by atoms with E-state index in [-0.39, 0.29) is 15.6 Å². The van der Waals surface area contributed by atoms with Gasteiger partial charge in [-0.2, -0.15) is 0 Å². The molecule has 0 amide bonds. The Hall–Kier alpha value is -1.12. The molecule has 0 aliphatic carbocycles. The molecule has 1 aromatic heterocycles. The number of rotatable bonds is 4. The number of hydrogen-bond donors (Lipinski definition) is 1. The summed E-state index contributed by atoms with van der Waals surface area (Å²) >= 11 is 4.40. The summed E-state index contributed by atoms with van der Waals surface area (Å²) in [5, 5.41) is 0. The van der Waals surface area contributed by atoms with E-state index in [1.165, 1.54) is 19.2 Å². The number of anilines is 1. The molecule has 2 aromatic rings. The lowest BCUT2D eigenvalue weighted by atomic mass is 10.3. The van der Waals surface area contributed by atoms with Gasteiger partial charge in [0.25, 0.3) is 10.0 Å². The number of thiophene rings is 1. The molecule has 0 bridgehead atoms. The van der Waals surface area contributed by atoms with Gasteiger partial charge < -0.3 is 4.74 Å². The van der Waals surface area contributed by atoms with Gasteiger partial charge in [0.2, 0.25) is 0 Å². The number of aryl methyl sites for hydroxylation is 1.